The van der Waals surface area contributed by atoms with Gasteiger partial charge in [-0.25, -0.2) is 4.68 Å². The molecule has 0 radical (unpaired) electrons. The summed E-state index contributed by atoms with van der Waals surface area (Å²) in [4.78, 5) is 13.3. The number of amides is 1. The normalized spacial score (nSPS) is 14.9. The number of benzene rings is 4. The zero-order chi connectivity index (χ0) is 26.3. The zero-order valence-electron chi connectivity index (χ0n) is 19.8. The third kappa shape index (κ3) is 4.16. The summed E-state index contributed by atoms with van der Waals surface area (Å²) in [5, 5.41) is 11.1. The Morgan fingerprint density at radius 3 is 2.08 bits per heavy atom. The van der Waals surface area contributed by atoms with Crippen molar-refractivity contribution >= 4 is 34.2 Å². The molecule has 1 aliphatic heterocycles. The maximum absolute atomic E-state index is 14.1. The molecule has 5 nitrogen and oxygen atoms in total. The van der Waals surface area contributed by atoms with E-state index in [0.717, 1.165) is 27.0 Å². The van der Waals surface area contributed by atoms with Crippen molar-refractivity contribution in [1.82, 2.24) is 9.78 Å². The van der Waals surface area contributed by atoms with Crippen LogP contribution in [0.5, 0.6) is 0 Å². The monoisotopic (exact) mass is 508 g/mol. The van der Waals surface area contributed by atoms with Gasteiger partial charge in [0.15, 0.2) is 5.71 Å². The Hall–Kier alpha value is -4.98. The summed E-state index contributed by atoms with van der Waals surface area (Å²) in [5.41, 5.74) is 0.730. The van der Waals surface area contributed by atoms with Gasteiger partial charge < -0.3 is 0 Å². The van der Waals surface area contributed by atoms with Crippen LogP contribution in [0.25, 0.3) is 33.8 Å². The van der Waals surface area contributed by atoms with Gasteiger partial charge >= 0.3 is 6.18 Å². The highest BCUT2D eigenvalue weighted by atomic mass is 19.4. The van der Waals surface area contributed by atoms with E-state index in [-0.39, 0.29) is 5.69 Å². The minimum atomic E-state index is -4.83. The van der Waals surface area contributed by atoms with Gasteiger partial charge in [0.05, 0.1) is 16.9 Å². The lowest BCUT2D eigenvalue weighted by Crippen LogP contribution is -2.25. The van der Waals surface area contributed by atoms with E-state index in [9.17, 15) is 18.0 Å². The first-order chi connectivity index (χ1) is 18.4. The molecule has 2 heterocycles. The van der Waals surface area contributed by atoms with Crippen molar-refractivity contribution in [2.75, 3.05) is 5.01 Å². The van der Waals surface area contributed by atoms with E-state index in [4.69, 9.17) is 5.10 Å². The van der Waals surface area contributed by atoms with Gasteiger partial charge in [-0.3, -0.25) is 4.79 Å². The van der Waals surface area contributed by atoms with E-state index in [0.29, 0.717) is 11.3 Å². The minimum absolute atomic E-state index is 0.247. The van der Waals surface area contributed by atoms with E-state index in [1.165, 1.54) is 18.2 Å². The fourth-order valence-electron chi connectivity index (χ4n) is 4.50. The van der Waals surface area contributed by atoms with Crippen LogP contribution in [-0.4, -0.2) is 27.6 Å². The Bertz CT molecular complexity index is 1720. The van der Waals surface area contributed by atoms with E-state index in [2.05, 4.69) is 5.10 Å². The van der Waals surface area contributed by atoms with Gasteiger partial charge in [0.25, 0.3) is 5.91 Å². The third-order valence-corrected chi connectivity index (χ3v) is 6.26. The summed E-state index contributed by atoms with van der Waals surface area (Å²) in [6.45, 7) is 0. The number of hydrazone groups is 1. The fraction of sp³-hybridized carbons (Fsp3) is 0.0333. The van der Waals surface area contributed by atoms with Crippen LogP contribution >= 0.6 is 0 Å². The van der Waals surface area contributed by atoms with E-state index >= 15 is 0 Å². The zero-order valence-corrected chi connectivity index (χ0v) is 19.8. The van der Waals surface area contributed by atoms with Gasteiger partial charge in [-0.2, -0.15) is 28.4 Å². The van der Waals surface area contributed by atoms with Gasteiger partial charge in [0.1, 0.15) is 5.69 Å². The molecular formula is C30H19F3N4O. The maximum Gasteiger partial charge on any atom is 0.435 e. The molecule has 0 fully saturated rings. The molecule has 5 aromatic rings. The van der Waals surface area contributed by atoms with Crippen molar-refractivity contribution in [3.63, 3.8) is 0 Å². The molecule has 0 aliphatic carbocycles. The number of para-hydroxylation sites is 2. The van der Waals surface area contributed by atoms with Crippen LogP contribution in [0.15, 0.2) is 120 Å². The lowest BCUT2D eigenvalue weighted by atomic mass is 9.98. The first-order valence-electron chi connectivity index (χ1n) is 11.8. The minimum Gasteiger partial charge on any atom is -0.267 e. The predicted octanol–water partition coefficient (Wildman–Crippen LogP) is 7.04. The molecule has 8 heteroatoms. The van der Waals surface area contributed by atoms with Gasteiger partial charge in [-0.05, 0) is 41.1 Å². The number of rotatable bonds is 4. The summed E-state index contributed by atoms with van der Waals surface area (Å²) < 4.78 is 43.9. The summed E-state index contributed by atoms with van der Waals surface area (Å²) in [6, 6.07) is 30.7. The molecule has 1 amide bonds. The van der Waals surface area contributed by atoms with Crippen molar-refractivity contribution in [1.29, 1.82) is 0 Å². The molecule has 0 N–H and O–H groups in total. The average Bonchev–Trinajstić information content (AvgIpc) is 3.51. The lowest BCUT2D eigenvalue weighted by molar-refractivity contribution is -0.114. The first-order valence-corrected chi connectivity index (χ1v) is 11.8. The summed E-state index contributed by atoms with van der Waals surface area (Å²) in [7, 11) is 0. The number of anilines is 1. The van der Waals surface area contributed by atoms with Crippen LogP contribution in [0.2, 0.25) is 0 Å². The Balaban J connectivity index is 1.56. The van der Waals surface area contributed by atoms with Gasteiger partial charge in [-0.1, -0.05) is 78.9 Å². The van der Waals surface area contributed by atoms with E-state index in [1.807, 2.05) is 72.8 Å². The molecule has 0 bridgehead atoms. The van der Waals surface area contributed by atoms with Gasteiger partial charge in [-0.15, -0.1) is 0 Å². The molecule has 1 aromatic heterocycles. The van der Waals surface area contributed by atoms with E-state index in [1.54, 1.807) is 29.1 Å². The molecule has 186 valence electrons. The largest absolute Gasteiger partial charge is 0.435 e. The number of fused-ring (bicyclic) bond motifs is 1. The standard InChI is InChI=1S/C30H19F3N4O/c31-30(32,33)28-26(29(38)37(35-28)23-14-5-2-6-15-23)18-21-19-36(22-12-3-1-4-13-22)34-27(21)25-17-9-11-20-10-7-8-16-24(20)25/h1-19H/b26-18-. The van der Waals surface area contributed by atoms with Crippen molar-refractivity contribution in [3.05, 3.63) is 120 Å². The molecule has 0 saturated heterocycles. The molecule has 4 aromatic carbocycles. The highest BCUT2D eigenvalue weighted by Gasteiger charge is 2.47. The second-order valence-corrected chi connectivity index (χ2v) is 8.70. The highest BCUT2D eigenvalue weighted by Crippen LogP contribution is 2.36. The lowest BCUT2D eigenvalue weighted by Gasteiger charge is -2.11. The summed E-state index contributed by atoms with van der Waals surface area (Å²) in [5.74, 6) is -0.861. The van der Waals surface area contributed by atoms with Crippen LogP contribution in [0.3, 0.4) is 0 Å². The van der Waals surface area contributed by atoms with Crippen molar-refractivity contribution in [2.24, 2.45) is 5.10 Å². The smallest absolute Gasteiger partial charge is 0.267 e. The van der Waals surface area contributed by atoms with E-state index < -0.39 is 23.4 Å². The Morgan fingerprint density at radius 1 is 0.737 bits per heavy atom. The number of aromatic nitrogens is 2. The molecular weight excluding hydrogens is 489 g/mol. The second kappa shape index (κ2) is 9.15. The van der Waals surface area contributed by atoms with Crippen LogP contribution < -0.4 is 5.01 Å². The number of halogens is 3. The molecule has 0 saturated carbocycles. The maximum atomic E-state index is 14.1. The molecule has 1 aliphatic rings. The summed E-state index contributed by atoms with van der Waals surface area (Å²) >= 11 is 0. The number of carbonyl (C=O) groups excluding carboxylic acids is 1. The molecule has 0 spiro atoms. The van der Waals surface area contributed by atoms with Crippen LogP contribution in [0.4, 0.5) is 18.9 Å². The molecule has 0 atom stereocenters. The SMILES string of the molecule is O=C1/C(=C\c2cn(-c3ccccc3)nc2-c2cccc3ccccc23)C(C(F)(F)F)=NN1c1ccccc1. The number of carbonyl (C=O) groups is 1. The van der Waals surface area contributed by atoms with Crippen molar-refractivity contribution in [3.8, 4) is 16.9 Å². The van der Waals surface area contributed by atoms with Gasteiger partial charge in [0, 0.05) is 17.3 Å². The number of alkyl halides is 3. The number of nitrogens with zero attached hydrogens (tertiary/aromatic N) is 4. The third-order valence-electron chi connectivity index (χ3n) is 6.26. The second-order valence-electron chi connectivity index (χ2n) is 8.70. The predicted molar refractivity (Wildman–Crippen MR) is 142 cm³/mol. The topological polar surface area (TPSA) is 50.5 Å². The Morgan fingerprint density at radius 2 is 1.37 bits per heavy atom. The number of hydrogen-bond acceptors (Lipinski definition) is 3. The first kappa shape index (κ1) is 23.4. The summed E-state index contributed by atoms with van der Waals surface area (Å²) in [6.07, 6.45) is -1.97. The molecule has 6 rings (SSSR count). The quantitative estimate of drug-likeness (QED) is 0.245. The van der Waals surface area contributed by atoms with Crippen LogP contribution in [0.1, 0.15) is 5.56 Å². The van der Waals surface area contributed by atoms with Crippen molar-refractivity contribution in [2.45, 2.75) is 6.18 Å². The molecule has 38 heavy (non-hydrogen) atoms. The van der Waals surface area contributed by atoms with Gasteiger partial charge in [0.2, 0.25) is 0 Å². The Kier molecular flexibility index (Phi) is 5.64. The number of hydrogen-bond donors (Lipinski definition) is 0. The molecule has 0 unspecified atom stereocenters. The van der Waals surface area contributed by atoms with Crippen LogP contribution in [-0.2, 0) is 4.79 Å². The Labute approximate surface area is 215 Å². The van der Waals surface area contributed by atoms with Crippen LogP contribution in [0, 0.1) is 0 Å². The fourth-order valence-corrected chi connectivity index (χ4v) is 4.50. The highest BCUT2D eigenvalue weighted by molar-refractivity contribution is 6.34. The average molecular weight is 509 g/mol. The van der Waals surface area contributed by atoms with Crippen molar-refractivity contribution < 1.29 is 18.0 Å².